The van der Waals surface area contributed by atoms with Gasteiger partial charge in [-0.05, 0) is 66.4 Å². The highest BCUT2D eigenvalue weighted by Crippen LogP contribution is 2.27. The SMILES string of the molecule is CCCC(=O)OCN(CCCCOc1ccc2ccc(=O)[nH]c2c1)CCNc1cccc2sccc12. The molecule has 0 unspecified atom stereocenters. The number of carbonyl (C=O) groups excluding carboxylic acids is 1. The van der Waals surface area contributed by atoms with Gasteiger partial charge in [0.15, 0.2) is 0 Å². The molecule has 0 bridgehead atoms. The van der Waals surface area contributed by atoms with Crippen LogP contribution in [0.25, 0.3) is 21.0 Å². The summed E-state index contributed by atoms with van der Waals surface area (Å²) in [6.45, 7) is 5.16. The van der Waals surface area contributed by atoms with Gasteiger partial charge in [-0.15, -0.1) is 11.3 Å². The highest BCUT2D eigenvalue weighted by molar-refractivity contribution is 7.17. The van der Waals surface area contributed by atoms with E-state index in [0.29, 0.717) is 19.8 Å². The lowest BCUT2D eigenvalue weighted by atomic mass is 10.2. The number of H-pyrrole nitrogens is 1. The van der Waals surface area contributed by atoms with Crippen molar-refractivity contribution in [1.82, 2.24) is 9.88 Å². The summed E-state index contributed by atoms with van der Waals surface area (Å²) in [6.07, 6.45) is 3.00. The van der Waals surface area contributed by atoms with E-state index in [9.17, 15) is 9.59 Å². The molecule has 2 aromatic heterocycles. The first-order chi connectivity index (χ1) is 17.6. The van der Waals surface area contributed by atoms with E-state index in [2.05, 4.69) is 44.8 Å². The quantitative estimate of drug-likeness (QED) is 0.131. The van der Waals surface area contributed by atoms with Gasteiger partial charge in [0.1, 0.15) is 12.5 Å². The number of benzene rings is 2. The van der Waals surface area contributed by atoms with Crippen LogP contribution in [0.15, 0.2) is 64.8 Å². The Labute approximate surface area is 215 Å². The molecule has 0 fully saturated rings. The molecule has 2 aromatic carbocycles. The maximum atomic E-state index is 11.9. The standard InChI is InChI=1S/C28H33N3O4S/c1-2-6-28(33)35-20-31(16-14-29-24-7-5-8-26-23(24)13-18-36-26)15-3-4-17-34-22-11-9-21-10-12-27(32)30-25(21)19-22/h5,7-13,18-19,29H,2-4,6,14-17,20H2,1H3,(H,30,32). The molecule has 2 N–H and O–H groups in total. The van der Waals surface area contributed by atoms with Gasteiger partial charge >= 0.3 is 5.97 Å². The maximum Gasteiger partial charge on any atom is 0.307 e. The van der Waals surface area contributed by atoms with Crippen molar-refractivity contribution < 1.29 is 14.3 Å². The fourth-order valence-corrected chi connectivity index (χ4v) is 4.84. The number of pyridine rings is 1. The van der Waals surface area contributed by atoms with Gasteiger partial charge in [-0.25, -0.2) is 0 Å². The number of ether oxygens (including phenoxy) is 2. The van der Waals surface area contributed by atoms with Crippen molar-refractivity contribution in [3.63, 3.8) is 0 Å². The number of aromatic nitrogens is 1. The molecule has 0 atom stereocenters. The van der Waals surface area contributed by atoms with Crippen LogP contribution in [0.5, 0.6) is 5.75 Å². The predicted octanol–water partition coefficient (Wildman–Crippen LogP) is 5.62. The number of unbranched alkanes of at least 4 members (excludes halogenated alkanes) is 1. The summed E-state index contributed by atoms with van der Waals surface area (Å²) in [7, 11) is 0. The molecular formula is C28H33N3O4S. The summed E-state index contributed by atoms with van der Waals surface area (Å²) in [4.78, 5) is 28.4. The summed E-state index contributed by atoms with van der Waals surface area (Å²) in [5.41, 5.74) is 1.77. The molecule has 2 heterocycles. The topological polar surface area (TPSA) is 83.7 Å². The zero-order valence-electron chi connectivity index (χ0n) is 20.6. The van der Waals surface area contributed by atoms with Crippen LogP contribution in [0.4, 0.5) is 5.69 Å². The lowest BCUT2D eigenvalue weighted by Gasteiger charge is -2.22. The molecule has 0 radical (unpaired) electrons. The Morgan fingerprint density at radius 2 is 1.97 bits per heavy atom. The van der Waals surface area contributed by atoms with Gasteiger partial charge in [-0.2, -0.15) is 0 Å². The van der Waals surface area contributed by atoms with E-state index in [1.165, 1.54) is 16.2 Å². The number of hydrogen-bond donors (Lipinski definition) is 2. The first kappa shape index (κ1) is 25.7. The molecule has 0 saturated carbocycles. The number of nitrogens with zero attached hydrogens (tertiary/aromatic N) is 1. The summed E-state index contributed by atoms with van der Waals surface area (Å²) in [5, 5.41) is 7.84. The van der Waals surface area contributed by atoms with E-state index in [1.54, 1.807) is 17.4 Å². The number of aromatic amines is 1. The summed E-state index contributed by atoms with van der Waals surface area (Å²) in [5.74, 6) is 0.581. The summed E-state index contributed by atoms with van der Waals surface area (Å²) in [6, 6.07) is 17.5. The Morgan fingerprint density at radius 3 is 2.86 bits per heavy atom. The molecular weight excluding hydrogens is 474 g/mol. The number of hydrogen-bond acceptors (Lipinski definition) is 7. The monoisotopic (exact) mass is 507 g/mol. The third kappa shape index (κ3) is 7.32. The van der Waals surface area contributed by atoms with E-state index in [-0.39, 0.29) is 11.5 Å². The third-order valence-electron chi connectivity index (χ3n) is 5.94. The second-order valence-corrected chi connectivity index (χ2v) is 9.65. The number of fused-ring (bicyclic) bond motifs is 2. The molecule has 0 saturated heterocycles. The predicted molar refractivity (Wildman–Crippen MR) is 147 cm³/mol. The average Bonchev–Trinajstić information content (AvgIpc) is 3.36. The Bertz CT molecular complexity index is 1330. The van der Waals surface area contributed by atoms with Crippen molar-refractivity contribution in [1.29, 1.82) is 0 Å². The molecule has 0 aliphatic rings. The van der Waals surface area contributed by atoms with Crippen LogP contribution in [0.3, 0.4) is 0 Å². The molecule has 0 aliphatic carbocycles. The summed E-state index contributed by atoms with van der Waals surface area (Å²) < 4.78 is 12.7. The fraction of sp³-hybridized carbons (Fsp3) is 0.357. The summed E-state index contributed by atoms with van der Waals surface area (Å²) >= 11 is 1.74. The van der Waals surface area contributed by atoms with Gasteiger partial charge in [0.25, 0.3) is 0 Å². The van der Waals surface area contributed by atoms with Crippen LogP contribution in [-0.2, 0) is 9.53 Å². The number of nitrogens with one attached hydrogen (secondary N) is 2. The Hall–Kier alpha value is -3.36. The molecule has 7 nitrogen and oxygen atoms in total. The zero-order chi connectivity index (χ0) is 25.2. The molecule has 190 valence electrons. The highest BCUT2D eigenvalue weighted by Gasteiger charge is 2.09. The van der Waals surface area contributed by atoms with Crippen LogP contribution < -0.4 is 15.6 Å². The van der Waals surface area contributed by atoms with Crippen molar-refractivity contribution in [3.8, 4) is 5.75 Å². The smallest absolute Gasteiger partial charge is 0.307 e. The second-order valence-electron chi connectivity index (χ2n) is 8.71. The molecule has 4 rings (SSSR count). The third-order valence-corrected chi connectivity index (χ3v) is 6.82. The van der Waals surface area contributed by atoms with Gasteiger partial charge in [0, 0.05) is 54.0 Å². The van der Waals surface area contributed by atoms with Gasteiger partial charge in [0.2, 0.25) is 5.56 Å². The number of carbonyl (C=O) groups is 1. The Kier molecular flexibility index (Phi) is 9.35. The fourth-order valence-electron chi connectivity index (χ4n) is 4.02. The van der Waals surface area contributed by atoms with Crippen LogP contribution in [0, 0.1) is 0 Å². The molecule has 0 amide bonds. The van der Waals surface area contributed by atoms with Crippen molar-refractivity contribution in [3.05, 3.63) is 70.3 Å². The number of anilines is 1. The lowest BCUT2D eigenvalue weighted by molar-refractivity contribution is -0.148. The van der Waals surface area contributed by atoms with E-state index in [1.807, 2.05) is 25.1 Å². The van der Waals surface area contributed by atoms with Crippen molar-refractivity contribution in [2.75, 3.05) is 38.3 Å². The van der Waals surface area contributed by atoms with E-state index < -0.39 is 0 Å². The van der Waals surface area contributed by atoms with Crippen molar-refractivity contribution >= 4 is 44.0 Å². The first-order valence-electron chi connectivity index (χ1n) is 12.5. The van der Waals surface area contributed by atoms with Crippen LogP contribution >= 0.6 is 11.3 Å². The molecule has 0 aliphatic heterocycles. The van der Waals surface area contributed by atoms with Crippen molar-refractivity contribution in [2.45, 2.75) is 32.6 Å². The first-order valence-corrected chi connectivity index (χ1v) is 13.3. The number of thiophene rings is 1. The largest absolute Gasteiger partial charge is 0.494 e. The zero-order valence-corrected chi connectivity index (χ0v) is 21.4. The normalized spacial score (nSPS) is 11.3. The molecule has 0 spiro atoms. The van der Waals surface area contributed by atoms with Gasteiger partial charge in [-0.3, -0.25) is 14.5 Å². The highest BCUT2D eigenvalue weighted by atomic mass is 32.1. The van der Waals surface area contributed by atoms with Gasteiger partial charge < -0.3 is 19.8 Å². The van der Waals surface area contributed by atoms with Gasteiger partial charge in [-0.1, -0.05) is 13.0 Å². The lowest BCUT2D eigenvalue weighted by Crippen LogP contribution is -2.33. The van der Waals surface area contributed by atoms with Crippen LogP contribution in [0.1, 0.15) is 32.6 Å². The number of rotatable bonds is 14. The minimum Gasteiger partial charge on any atom is -0.494 e. The van der Waals surface area contributed by atoms with E-state index in [4.69, 9.17) is 9.47 Å². The average molecular weight is 508 g/mol. The molecule has 8 heteroatoms. The van der Waals surface area contributed by atoms with Crippen LogP contribution in [0.2, 0.25) is 0 Å². The molecule has 4 aromatic rings. The molecule has 36 heavy (non-hydrogen) atoms. The number of esters is 1. The minimum absolute atomic E-state index is 0.124. The second kappa shape index (κ2) is 13.1. The van der Waals surface area contributed by atoms with Crippen molar-refractivity contribution in [2.24, 2.45) is 0 Å². The van der Waals surface area contributed by atoms with Crippen LogP contribution in [-0.4, -0.2) is 48.8 Å². The minimum atomic E-state index is -0.156. The van der Waals surface area contributed by atoms with E-state index in [0.717, 1.165) is 61.2 Å². The van der Waals surface area contributed by atoms with Gasteiger partial charge in [0.05, 0.1) is 12.1 Å². The Balaban J connectivity index is 1.24. The Morgan fingerprint density at radius 1 is 1.08 bits per heavy atom. The maximum absolute atomic E-state index is 11.9. The van der Waals surface area contributed by atoms with E-state index >= 15 is 0 Å².